The summed E-state index contributed by atoms with van der Waals surface area (Å²) in [5.41, 5.74) is 4.22. The van der Waals surface area contributed by atoms with Crippen LogP contribution in [0.15, 0.2) is 78.4 Å². The topological polar surface area (TPSA) is 36.4 Å². The summed E-state index contributed by atoms with van der Waals surface area (Å²) in [6.07, 6.45) is 7.52. The first-order valence-corrected chi connectivity index (χ1v) is 9.00. The molecule has 2 aromatic carbocycles. The number of para-hydroxylation sites is 1. The normalized spacial score (nSPS) is 14.9. The number of fused-ring (bicyclic) bond motifs is 1. The number of nitrogens with zero attached hydrogens (tertiary/aromatic N) is 2. The van der Waals surface area contributed by atoms with Crippen LogP contribution in [0.1, 0.15) is 17.7 Å². The fraction of sp³-hybridized carbons (Fsp3) is 0.174. The number of aromatic nitrogens is 1. The summed E-state index contributed by atoms with van der Waals surface area (Å²) in [6, 6.07) is 20.1. The van der Waals surface area contributed by atoms with E-state index in [0.29, 0.717) is 5.52 Å². The average molecular weight is 379 g/mol. The van der Waals surface area contributed by atoms with Crippen LogP contribution in [0.3, 0.4) is 0 Å². The number of allylic oxidation sites excluding steroid dienone is 1. The van der Waals surface area contributed by atoms with Crippen LogP contribution >= 0.6 is 12.4 Å². The zero-order chi connectivity index (χ0) is 17.8. The first kappa shape index (κ1) is 19.2. The van der Waals surface area contributed by atoms with E-state index in [-0.39, 0.29) is 18.2 Å². The highest BCUT2D eigenvalue weighted by Crippen LogP contribution is 2.23. The van der Waals surface area contributed by atoms with Gasteiger partial charge in [0, 0.05) is 25.0 Å². The predicted octanol–water partition coefficient (Wildman–Crippen LogP) is 5.21. The van der Waals surface area contributed by atoms with Crippen LogP contribution in [0.5, 0.6) is 5.75 Å². The highest BCUT2D eigenvalue weighted by atomic mass is 35.5. The molecule has 1 aromatic heterocycles. The molecule has 4 heteroatoms. The van der Waals surface area contributed by atoms with Crippen LogP contribution in [0, 0.1) is 0 Å². The Morgan fingerprint density at radius 1 is 0.963 bits per heavy atom. The molecule has 138 valence electrons. The summed E-state index contributed by atoms with van der Waals surface area (Å²) in [7, 11) is 0. The van der Waals surface area contributed by atoms with Crippen molar-refractivity contribution in [3.63, 3.8) is 0 Å². The maximum atomic E-state index is 9.96. The van der Waals surface area contributed by atoms with Crippen LogP contribution < -0.4 is 0 Å². The molecule has 3 nitrogen and oxygen atoms in total. The van der Waals surface area contributed by atoms with Gasteiger partial charge in [-0.2, -0.15) is 0 Å². The van der Waals surface area contributed by atoms with E-state index < -0.39 is 0 Å². The molecule has 27 heavy (non-hydrogen) atoms. The molecular formula is C23H23ClN2O. The van der Waals surface area contributed by atoms with E-state index >= 15 is 0 Å². The van der Waals surface area contributed by atoms with Gasteiger partial charge in [0.15, 0.2) is 0 Å². The molecular weight excluding hydrogens is 356 g/mol. The van der Waals surface area contributed by atoms with Gasteiger partial charge in [0.1, 0.15) is 11.3 Å². The molecule has 1 N–H and O–H groups in total. The average Bonchev–Trinajstić information content (AvgIpc) is 2.69. The van der Waals surface area contributed by atoms with Crippen molar-refractivity contribution in [3.8, 4) is 5.75 Å². The Kier molecular flexibility index (Phi) is 6.28. The predicted molar refractivity (Wildman–Crippen MR) is 114 cm³/mol. The van der Waals surface area contributed by atoms with E-state index in [1.165, 1.54) is 11.1 Å². The van der Waals surface area contributed by atoms with Crippen LogP contribution in [0.4, 0.5) is 0 Å². The molecule has 3 aromatic rings. The minimum Gasteiger partial charge on any atom is -0.506 e. The van der Waals surface area contributed by atoms with Gasteiger partial charge in [-0.3, -0.25) is 4.90 Å². The Hall–Kier alpha value is -2.62. The van der Waals surface area contributed by atoms with Crippen LogP contribution in [-0.4, -0.2) is 28.1 Å². The molecule has 0 bridgehead atoms. The van der Waals surface area contributed by atoms with E-state index in [9.17, 15) is 5.11 Å². The van der Waals surface area contributed by atoms with E-state index in [2.05, 4.69) is 52.4 Å². The van der Waals surface area contributed by atoms with Crippen LogP contribution in [-0.2, 0) is 6.54 Å². The first-order chi connectivity index (χ1) is 12.8. The number of phenols is 1. The summed E-state index contributed by atoms with van der Waals surface area (Å²) in [5, 5.41) is 10.9. The van der Waals surface area contributed by atoms with Gasteiger partial charge >= 0.3 is 0 Å². The highest BCUT2D eigenvalue weighted by molar-refractivity contribution is 5.85. The molecule has 1 aliphatic heterocycles. The van der Waals surface area contributed by atoms with Crippen molar-refractivity contribution in [1.82, 2.24) is 9.88 Å². The Balaban J connectivity index is 0.00000210. The standard InChI is InChI=1S/C23H22N2O.ClH/c26-22-8-4-7-20-10-12-21(24-23(20)22)11-9-18-13-15-25(16-14-18)17-19-5-2-1-3-6-19;/h1-13,26H,14-17H2;1H/b11-9+;. The summed E-state index contributed by atoms with van der Waals surface area (Å²) in [5.74, 6) is 0.228. The number of phenolic OH excluding ortho intramolecular Hbond substituents is 1. The number of hydrogen-bond donors (Lipinski definition) is 1. The van der Waals surface area contributed by atoms with Gasteiger partial charge < -0.3 is 5.11 Å². The summed E-state index contributed by atoms with van der Waals surface area (Å²) >= 11 is 0. The van der Waals surface area contributed by atoms with Crippen LogP contribution in [0.25, 0.3) is 17.0 Å². The smallest absolute Gasteiger partial charge is 0.141 e. The second-order valence-corrected chi connectivity index (χ2v) is 6.67. The zero-order valence-electron chi connectivity index (χ0n) is 15.1. The van der Waals surface area contributed by atoms with E-state index in [0.717, 1.165) is 37.1 Å². The fourth-order valence-electron chi connectivity index (χ4n) is 3.30. The molecule has 0 saturated heterocycles. The summed E-state index contributed by atoms with van der Waals surface area (Å²) in [6.45, 7) is 3.04. The van der Waals surface area contributed by atoms with Gasteiger partial charge in [-0.1, -0.05) is 60.7 Å². The number of hydrogen-bond acceptors (Lipinski definition) is 3. The van der Waals surface area contributed by atoms with Crippen molar-refractivity contribution in [2.75, 3.05) is 13.1 Å². The van der Waals surface area contributed by atoms with Gasteiger partial charge in [-0.05, 0) is 35.8 Å². The molecule has 0 saturated carbocycles. The SMILES string of the molecule is Cl.Oc1cccc2ccc(/C=C/C3=CCN(Cc4ccccc4)CC3)nc12. The molecule has 2 heterocycles. The van der Waals surface area contributed by atoms with Crippen molar-refractivity contribution in [2.24, 2.45) is 0 Å². The lowest BCUT2D eigenvalue weighted by Gasteiger charge is -2.25. The largest absolute Gasteiger partial charge is 0.506 e. The lowest BCUT2D eigenvalue weighted by Crippen LogP contribution is -2.27. The van der Waals surface area contributed by atoms with Crippen molar-refractivity contribution in [1.29, 1.82) is 0 Å². The quantitative estimate of drug-likeness (QED) is 0.677. The third-order valence-corrected chi connectivity index (χ3v) is 4.77. The third kappa shape index (κ3) is 4.76. The zero-order valence-corrected chi connectivity index (χ0v) is 15.9. The van der Waals surface area contributed by atoms with E-state index in [4.69, 9.17) is 0 Å². The number of benzene rings is 2. The molecule has 0 amide bonds. The molecule has 0 radical (unpaired) electrons. The minimum atomic E-state index is 0. The van der Waals surface area contributed by atoms with Gasteiger partial charge in [-0.15, -0.1) is 12.4 Å². The Labute approximate surface area is 166 Å². The summed E-state index contributed by atoms with van der Waals surface area (Å²) in [4.78, 5) is 7.01. The highest BCUT2D eigenvalue weighted by Gasteiger charge is 2.10. The molecule has 4 rings (SSSR count). The van der Waals surface area contributed by atoms with Gasteiger partial charge in [0.2, 0.25) is 0 Å². The molecule has 1 aliphatic rings. The van der Waals surface area contributed by atoms with E-state index in [1.807, 2.05) is 30.3 Å². The van der Waals surface area contributed by atoms with Crippen molar-refractivity contribution in [3.05, 3.63) is 89.6 Å². The Bertz CT molecular complexity index is 967. The van der Waals surface area contributed by atoms with Crippen molar-refractivity contribution in [2.45, 2.75) is 13.0 Å². The lowest BCUT2D eigenvalue weighted by atomic mass is 10.1. The van der Waals surface area contributed by atoms with Crippen LogP contribution in [0.2, 0.25) is 0 Å². The fourth-order valence-corrected chi connectivity index (χ4v) is 3.30. The molecule has 0 aliphatic carbocycles. The number of rotatable bonds is 4. The third-order valence-electron chi connectivity index (χ3n) is 4.77. The Morgan fingerprint density at radius 3 is 2.59 bits per heavy atom. The lowest BCUT2D eigenvalue weighted by molar-refractivity contribution is 0.287. The molecule has 0 spiro atoms. The second kappa shape index (κ2) is 8.85. The molecule has 0 atom stereocenters. The first-order valence-electron chi connectivity index (χ1n) is 9.00. The molecule has 0 unspecified atom stereocenters. The van der Waals surface area contributed by atoms with Gasteiger partial charge in [-0.25, -0.2) is 4.98 Å². The van der Waals surface area contributed by atoms with E-state index in [1.54, 1.807) is 6.07 Å². The number of halogens is 1. The van der Waals surface area contributed by atoms with Gasteiger partial charge in [0.05, 0.1) is 5.69 Å². The molecule has 0 fully saturated rings. The monoisotopic (exact) mass is 378 g/mol. The Morgan fingerprint density at radius 2 is 1.81 bits per heavy atom. The number of aromatic hydroxyl groups is 1. The van der Waals surface area contributed by atoms with Crippen molar-refractivity contribution < 1.29 is 5.11 Å². The van der Waals surface area contributed by atoms with Gasteiger partial charge in [0.25, 0.3) is 0 Å². The maximum Gasteiger partial charge on any atom is 0.141 e. The minimum absolute atomic E-state index is 0. The maximum absolute atomic E-state index is 9.96. The van der Waals surface area contributed by atoms with Crippen molar-refractivity contribution >= 4 is 29.4 Å². The number of pyridine rings is 1. The summed E-state index contributed by atoms with van der Waals surface area (Å²) < 4.78 is 0. The second-order valence-electron chi connectivity index (χ2n) is 6.67.